The van der Waals surface area contributed by atoms with Gasteiger partial charge in [-0.05, 0) is 51.9 Å². The van der Waals surface area contributed by atoms with Crippen LogP contribution in [0.5, 0.6) is 5.75 Å². The number of esters is 1. The number of ether oxygens (including phenoxy) is 1. The Morgan fingerprint density at radius 1 is 1.16 bits per heavy atom. The van der Waals surface area contributed by atoms with Crippen molar-refractivity contribution in [1.82, 2.24) is 9.88 Å². The number of fused-ring (bicyclic) bond motifs is 3. The summed E-state index contributed by atoms with van der Waals surface area (Å²) < 4.78 is 11.6. The molecule has 2 aromatic heterocycles. The van der Waals surface area contributed by atoms with E-state index >= 15 is 0 Å². The highest BCUT2D eigenvalue weighted by atomic mass is 16.5. The number of carbonyl (C=O) groups is 1. The standard InChI is InChI=1S/C26H26N2O4/c1-3-31-26(30)20-16(2)32-25-18-11-5-4-10-17(18)24(29)22(21(20)25)23(28-14-8-9-15-28)19-12-6-7-13-27-19/h4-7,10-13,23,29H,3,8-9,14-15H2,1-2H3. The fraction of sp³-hybridized carbons (Fsp3) is 0.308. The van der Waals surface area contributed by atoms with E-state index in [4.69, 9.17) is 9.15 Å². The van der Waals surface area contributed by atoms with Crippen molar-refractivity contribution in [3.05, 3.63) is 71.2 Å². The first-order valence-corrected chi connectivity index (χ1v) is 11.1. The van der Waals surface area contributed by atoms with Gasteiger partial charge < -0.3 is 14.3 Å². The van der Waals surface area contributed by atoms with Crippen LogP contribution in [-0.2, 0) is 4.74 Å². The molecule has 1 fully saturated rings. The maximum Gasteiger partial charge on any atom is 0.342 e. The molecule has 0 saturated carbocycles. The van der Waals surface area contributed by atoms with Crippen molar-refractivity contribution in [1.29, 1.82) is 0 Å². The third kappa shape index (κ3) is 3.22. The molecule has 1 saturated heterocycles. The molecule has 0 bridgehead atoms. The number of pyridine rings is 1. The fourth-order valence-corrected chi connectivity index (χ4v) is 4.91. The molecule has 1 N–H and O–H groups in total. The SMILES string of the molecule is CCOC(=O)c1c(C)oc2c1c(C(c1ccccn1)N1CCCC1)c(O)c1ccccc12. The van der Waals surface area contributed by atoms with E-state index < -0.39 is 5.97 Å². The number of hydrogen-bond donors (Lipinski definition) is 1. The molecule has 164 valence electrons. The van der Waals surface area contributed by atoms with Crippen LogP contribution in [0.1, 0.15) is 53.2 Å². The smallest absolute Gasteiger partial charge is 0.342 e. The van der Waals surface area contributed by atoms with Gasteiger partial charge in [0.25, 0.3) is 0 Å². The van der Waals surface area contributed by atoms with E-state index in [2.05, 4.69) is 9.88 Å². The van der Waals surface area contributed by atoms with Crippen LogP contribution < -0.4 is 0 Å². The number of rotatable bonds is 5. The van der Waals surface area contributed by atoms with Crippen LogP contribution in [0.4, 0.5) is 0 Å². The number of carbonyl (C=O) groups excluding carboxylic acids is 1. The number of aryl methyl sites for hydroxylation is 1. The van der Waals surface area contributed by atoms with Crippen LogP contribution >= 0.6 is 0 Å². The summed E-state index contributed by atoms with van der Waals surface area (Å²) in [6.45, 7) is 5.59. The summed E-state index contributed by atoms with van der Waals surface area (Å²) in [5.41, 5.74) is 2.45. The van der Waals surface area contributed by atoms with Gasteiger partial charge in [-0.3, -0.25) is 9.88 Å². The summed E-state index contributed by atoms with van der Waals surface area (Å²) in [4.78, 5) is 20.0. The quantitative estimate of drug-likeness (QED) is 0.430. The summed E-state index contributed by atoms with van der Waals surface area (Å²) in [7, 11) is 0. The maximum atomic E-state index is 13.0. The van der Waals surface area contributed by atoms with Crippen LogP contribution in [0.15, 0.2) is 53.1 Å². The molecule has 4 aromatic rings. The lowest BCUT2D eigenvalue weighted by Gasteiger charge is -2.29. The molecule has 1 atom stereocenters. The number of phenols is 1. The predicted molar refractivity (Wildman–Crippen MR) is 123 cm³/mol. The number of furan rings is 1. The second kappa shape index (κ2) is 8.28. The number of likely N-dealkylation sites (tertiary alicyclic amines) is 1. The molecule has 2 aromatic carbocycles. The van der Waals surface area contributed by atoms with E-state index in [9.17, 15) is 9.90 Å². The molecule has 0 spiro atoms. The molecule has 5 rings (SSSR count). The molecule has 1 aliphatic rings. The van der Waals surface area contributed by atoms with Gasteiger partial charge in [-0.15, -0.1) is 0 Å². The number of hydrogen-bond acceptors (Lipinski definition) is 6. The second-order valence-corrected chi connectivity index (χ2v) is 8.17. The summed E-state index contributed by atoms with van der Waals surface area (Å²) in [6, 6.07) is 13.1. The highest BCUT2D eigenvalue weighted by Crippen LogP contribution is 2.47. The molecule has 3 heterocycles. The van der Waals surface area contributed by atoms with Crippen LogP contribution in [0.2, 0.25) is 0 Å². The number of phenolic OH excluding ortho intramolecular Hbond substituents is 1. The topological polar surface area (TPSA) is 75.8 Å². The van der Waals surface area contributed by atoms with E-state index in [1.807, 2.05) is 42.5 Å². The molecular weight excluding hydrogens is 404 g/mol. The van der Waals surface area contributed by atoms with Gasteiger partial charge in [-0.2, -0.15) is 0 Å². The molecule has 1 aliphatic heterocycles. The molecule has 0 amide bonds. The minimum Gasteiger partial charge on any atom is -0.507 e. The van der Waals surface area contributed by atoms with Crippen molar-refractivity contribution in [3.8, 4) is 5.75 Å². The Kier molecular flexibility index (Phi) is 5.31. The van der Waals surface area contributed by atoms with Crippen molar-refractivity contribution >= 4 is 27.7 Å². The number of nitrogens with zero attached hydrogens (tertiary/aromatic N) is 2. The van der Waals surface area contributed by atoms with Crippen molar-refractivity contribution < 1.29 is 19.1 Å². The zero-order valence-electron chi connectivity index (χ0n) is 18.3. The van der Waals surface area contributed by atoms with Crippen LogP contribution in [0, 0.1) is 6.92 Å². The first-order valence-electron chi connectivity index (χ1n) is 11.1. The molecule has 6 nitrogen and oxygen atoms in total. The second-order valence-electron chi connectivity index (χ2n) is 8.17. The zero-order chi connectivity index (χ0) is 22.2. The van der Waals surface area contributed by atoms with E-state index in [0.717, 1.165) is 37.0 Å². The van der Waals surface area contributed by atoms with E-state index in [1.165, 1.54) is 0 Å². The van der Waals surface area contributed by atoms with Crippen molar-refractivity contribution in [2.75, 3.05) is 19.7 Å². The number of aromatic hydroxyl groups is 1. The minimum atomic E-state index is -0.444. The third-order valence-electron chi connectivity index (χ3n) is 6.26. The Morgan fingerprint density at radius 3 is 2.56 bits per heavy atom. The molecule has 6 heteroatoms. The Hall–Kier alpha value is -3.38. The van der Waals surface area contributed by atoms with Gasteiger partial charge in [0.05, 0.1) is 18.3 Å². The Bertz CT molecular complexity index is 1290. The molecule has 1 unspecified atom stereocenters. The van der Waals surface area contributed by atoms with E-state index in [-0.39, 0.29) is 18.4 Å². The zero-order valence-corrected chi connectivity index (χ0v) is 18.3. The lowest BCUT2D eigenvalue weighted by Crippen LogP contribution is -2.27. The van der Waals surface area contributed by atoms with Gasteiger partial charge in [-0.25, -0.2) is 4.79 Å². The lowest BCUT2D eigenvalue weighted by atomic mass is 9.91. The van der Waals surface area contributed by atoms with Gasteiger partial charge >= 0.3 is 5.97 Å². The average molecular weight is 431 g/mol. The minimum absolute atomic E-state index is 0.155. The van der Waals surface area contributed by atoms with Gasteiger partial charge in [0, 0.05) is 27.9 Å². The fourth-order valence-electron chi connectivity index (χ4n) is 4.91. The third-order valence-corrected chi connectivity index (χ3v) is 6.26. The summed E-state index contributed by atoms with van der Waals surface area (Å²) in [5.74, 6) is 0.194. The van der Waals surface area contributed by atoms with Crippen molar-refractivity contribution in [2.24, 2.45) is 0 Å². The van der Waals surface area contributed by atoms with Gasteiger partial charge in [0.1, 0.15) is 22.7 Å². The largest absolute Gasteiger partial charge is 0.507 e. The average Bonchev–Trinajstić information content (AvgIpc) is 3.45. The van der Waals surface area contributed by atoms with E-state index in [0.29, 0.717) is 33.2 Å². The van der Waals surface area contributed by atoms with Gasteiger partial charge in [-0.1, -0.05) is 30.3 Å². The molecule has 32 heavy (non-hydrogen) atoms. The Labute approximate surface area is 186 Å². The maximum absolute atomic E-state index is 13.0. The highest BCUT2D eigenvalue weighted by molar-refractivity contribution is 6.16. The Morgan fingerprint density at radius 2 is 1.88 bits per heavy atom. The lowest BCUT2D eigenvalue weighted by molar-refractivity contribution is 0.0526. The first kappa shape index (κ1) is 20.5. The summed E-state index contributed by atoms with van der Waals surface area (Å²) in [5, 5.41) is 13.7. The Balaban J connectivity index is 1.91. The number of aromatic nitrogens is 1. The molecule has 0 radical (unpaired) electrons. The summed E-state index contributed by atoms with van der Waals surface area (Å²) in [6.07, 6.45) is 3.92. The van der Waals surface area contributed by atoms with Crippen LogP contribution in [-0.4, -0.2) is 40.7 Å². The van der Waals surface area contributed by atoms with Crippen molar-refractivity contribution in [3.63, 3.8) is 0 Å². The van der Waals surface area contributed by atoms with Crippen molar-refractivity contribution in [2.45, 2.75) is 32.7 Å². The normalized spacial score (nSPS) is 15.4. The van der Waals surface area contributed by atoms with E-state index in [1.54, 1.807) is 20.0 Å². The van der Waals surface area contributed by atoms with Gasteiger partial charge in [0.15, 0.2) is 0 Å². The monoisotopic (exact) mass is 430 g/mol. The highest BCUT2D eigenvalue weighted by Gasteiger charge is 2.35. The molecular formula is C26H26N2O4. The van der Waals surface area contributed by atoms with Crippen LogP contribution in [0.25, 0.3) is 21.7 Å². The summed E-state index contributed by atoms with van der Waals surface area (Å²) >= 11 is 0. The van der Waals surface area contributed by atoms with Crippen LogP contribution in [0.3, 0.4) is 0 Å². The van der Waals surface area contributed by atoms with Gasteiger partial charge in [0.2, 0.25) is 0 Å². The molecule has 0 aliphatic carbocycles. The first-order chi connectivity index (χ1) is 15.6. The number of benzene rings is 2. The predicted octanol–water partition coefficient (Wildman–Crippen LogP) is 5.36.